The third kappa shape index (κ3) is 2.82. The Morgan fingerprint density at radius 3 is 2.57 bits per heavy atom. The predicted octanol–water partition coefficient (Wildman–Crippen LogP) is 2.79. The molecule has 112 valence electrons. The summed E-state index contributed by atoms with van der Waals surface area (Å²) in [6, 6.07) is 0. The summed E-state index contributed by atoms with van der Waals surface area (Å²) in [5.41, 5.74) is 0.984. The number of hydrogen-bond acceptors (Lipinski definition) is 4. The molecule has 0 atom stereocenters. The fourth-order valence-corrected chi connectivity index (χ4v) is 2.87. The maximum absolute atomic E-state index is 4.86. The van der Waals surface area contributed by atoms with Gasteiger partial charge in [-0.05, 0) is 44.4 Å². The van der Waals surface area contributed by atoms with Gasteiger partial charge in [0.15, 0.2) is 11.5 Å². The van der Waals surface area contributed by atoms with Crippen LogP contribution < -0.4 is 10.2 Å². The minimum Gasteiger partial charge on any atom is -0.369 e. The standard InChI is InChI=1S/C16H23N5/c1-2-17-14-11-20-8-7-18-15(20)16(19-14)21(9-12-3-4-12)10-13-5-6-13/h7-8,11-13,17H,2-6,9-10H2,1H3. The first kappa shape index (κ1) is 12.9. The van der Waals surface area contributed by atoms with E-state index in [9.17, 15) is 0 Å². The molecule has 2 heterocycles. The largest absolute Gasteiger partial charge is 0.369 e. The number of anilines is 2. The molecule has 5 heteroatoms. The van der Waals surface area contributed by atoms with Crippen LogP contribution in [0.25, 0.3) is 5.65 Å². The average Bonchev–Trinajstić information content (AvgIpc) is 3.39. The van der Waals surface area contributed by atoms with E-state index in [1.807, 2.05) is 18.6 Å². The smallest absolute Gasteiger partial charge is 0.180 e. The highest BCUT2D eigenvalue weighted by atomic mass is 15.2. The van der Waals surface area contributed by atoms with E-state index in [2.05, 4.69) is 26.5 Å². The molecule has 5 nitrogen and oxygen atoms in total. The van der Waals surface area contributed by atoms with Gasteiger partial charge in [-0.1, -0.05) is 0 Å². The molecular weight excluding hydrogens is 262 g/mol. The molecule has 21 heavy (non-hydrogen) atoms. The zero-order valence-corrected chi connectivity index (χ0v) is 12.6. The Labute approximate surface area is 125 Å². The quantitative estimate of drug-likeness (QED) is 0.849. The van der Waals surface area contributed by atoms with Gasteiger partial charge in [0, 0.05) is 32.0 Å². The van der Waals surface area contributed by atoms with E-state index < -0.39 is 0 Å². The van der Waals surface area contributed by atoms with Crippen molar-refractivity contribution in [3.63, 3.8) is 0 Å². The van der Waals surface area contributed by atoms with Crippen LogP contribution in [0.2, 0.25) is 0 Å². The van der Waals surface area contributed by atoms with Crippen LogP contribution in [0.4, 0.5) is 11.6 Å². The van der Waals surface area contributed by atoms with Crippen LogP contribution in [-0.4, -0.2) is 34.0 Å². The van der Waals surface area contributed by atoms with Gasteiger partial charge in [-0.3, -0.25) is 0 Å². The number of nitrogens with one attached hydrogen (secondary N) is 1. The second-order valence-electron chi connectivity index (χ2n) is 6.43. The lowest BCUT2D eigenvalue weighted by Gasteiger charge is -2.24. The van der Waals surface area contributed by atoms with Crippen molar-refractivity contribution in [3.8, 4) is 0 Å². The normalized spacial score (nSPS) is 18.1. The van der Waals surface area contributed by atoms with Gasteiger partial charge in [0.2, 0.25) is 0 Å². The maximum atomic E-state index is 4.86. The van der Waals surface area contributed by atoms with E-state index >= 15 is 0 Å². The Morgan fingerprint density at radius 1 is 1.24 bits per heavy atom. The minimum atomic E-state index is 0.864. The summed E-state index contributed by atoms with van der Waals surface area (Å²) in [5, 5.41) is 3.34. The van der Waals surface area contributed by atoms with Crippen LogP contribution >= 0.6 is 0 Å². The molecule has 2 fully saturated rings. The Kier molecular flexibility index (Phi) is 3.20. The SMILES string of the molecule is CCNc1cn2ccnc2c(N(CC2CC2)CC2CC2)n1. The van der Waals surface area contributed by atoms with Crippen molar-refractivity contribution in [2.75, 3.05) is 29.9 Å². The molecule has 4 rings (SSSR count). The molecule has 0 spiro atoms. The first-order valence-electron chi connectivity index (χ1n) is 8.16. The average molecular weight is 285 g/mol. The number of aromatic nitrogens is 3. The van der Waals surface area contributed by atoms with Crippen LogP contribution in [0.3, 0.4) is 0 Å². The third-order valence-electron chi connectivity index (χ3n) is 4.36. The number of imidazole rings is 1. The first-order valence-corrected chi connectivity index (χ1v) is 8.16. The second-order valence-corrected chi connectivity index (χ2v) is 6.43. The van der Waals surface area contributed by atoms with Gasteiger partial charge in [0.05, 0.1) is 6.20 Å². The molecule has 1 N–H and O–H groups in total. The topological polar surface area (TPSA) is 45.5 Å². The highest BCUT2D eigenvalue weighted by molar-refractivity contribution is 5.67. The number of rotatable bonds is 7. The summed E-state index contributed by atoms with van der Waals surface area (Å²) >= 11 is 0. The van der Waals surface area contributed by atoms with Gasteiger partial charge in [-0.2, -0.15) is 0 Å². The van der Waals surface area contributed by atoms with Crippen LogP contribution in [0.15, 0.2) is 18.6 Å². The summed E-state index contributed by atoms with van der Waals surface area (Å²) in [6.45, 7) is 5.27. The first-order chi connectivity index (χ1) is 10.3. The Bertz CT molecular complexity index is 613. The Hall–Kier alpha value is -1.78. The summed E-state index contributed by atoms with van der Waals surface area (Å²) < 4.78 is 2.09. The van der Waals surface area contributed by atoms with Gasteiger partial charge in [-0.25, -0.2) is 9.97 Å². The van der Waals surface area contributed by atoms with E-state index in [-0.39, 0.29) is 0 Å². The van der Waals surface area contributed by atoms with Gasteiger partial charge >= 0.3 is 0 Å². The molecular formula is C16H23N5. The lowest BCUT2D eigenvalue weighted by molar-refractivity contribution is 0.672. The van der Waals surface area contributed by atoms with Gasteiger partial charge < -0.3 is 14.6 Å². The van der Waals surface area contributed by atoms with Gasteiger partial charge in [-0.15, -0.1) is 0 Å². The third-order valence-corrected chi connectivity index (χ3v) is 4.36. The summed E-state index contributed by atoms with van der Waals surface area (Å²) in [5.74, 6) is 3.72. The lowest BCUT2D eigenvalue weighted by atomic mass is 10.3. The predicted molar refractivity (Wildman–Crippen MR) is 84.8 cm³/mol. The van der Waals surface area contributed by atoms with Crippen LogP contribution in [-0.2, 0) is 0 Å². The van der Waals surface area contributed by atoms with Crippen LogP contribution in [0, 0.1) is 11.8 Å². The molecule has 2 aliphatic rings. The second kappa shape index (κ2) is 5.20. The van der Waals surface area contributed by atoms with Crippen LogP contribution in [0.1, 0.15) is 32.6 Å². The number of nitrogens with zero attached hydrogens (tertiary/aromatic N) is 4. The van der Waals surface area contributed by atoms with Crippen molar-refractivity contribution in [2.45, 2.75) is 32.6 Å². The van der Waals surface area contributed by atoms with Gasteiger partial charge in [0.25, 0.3) is 0 Å². The molecule has 0 saturated heterocycles. The van der Waals surface area contributed by atoms with E-state index in [4.69, 9.17) is 4.98 Å². The van der Waals surface area contributed by atoms with Crippen molar-refractivity contribution in [1.29, 1.82) is 0 Å². The molecule has 2 aromatic heterocycles. The van der Waals surface area contributed by atoms with E-state index in [1.54, 1.807) is 0 Å². The van der Waals surface area contributed by atoms with E-state index in [1.165, 1.54) is 25.7 Å². The van der Waals surface area contributed by atoms with Crippen molar-refractivity contribution in [1.82, 2.24) is 14.4 Å². The minimum absolute atomic E-state index is 0.864. The van der Waals surface area contributed by atoms with Crippen molar-refractivity contribution in [3.05, 3.63) is 18.6 Å². The number of hydrogen-bond donors (Lipinski definition) is 1. The summed E-state index contributed by atoms with van der Waals surface area (Å²) in [7, 11) is 0. The maximum Gasteiger partial charge on any atom is 0.180 e. The molecule has 0 bridgehead atoms. The Morgan fingerprint density at radius 2 is 1.95 bits per heavy atom. The molecule has 0 aliphatic heterocycles. The van der Waals surface area contributed by atoms with Crippen molar-refractivity contribution >= 4 is 17.3 Å². The molecule has 0 amide bonds. The van der Waals surface area contributed by atoms with Crippen molar-refractivity contribution in [2.24, 2.45) is 11.8 Å². The molecule has 0 unspecified atom stereocenters. The Balaban J connectivity index is 1.70. The highest BCUT2D eigenvalue weighted by Gasteiger charge is 2.31. The molecule has 0 aromatic carbocycles. The van der Waals surface area contributed by atoms with E-state index in [0.29, 0.717) is 0 Å². The number of fused-ring (bicyclic) bond motifs is 1. The van der Waals surface area contributed by atoms with Crippen LogP contribution in [0.5, 0.6) is 0 Å². The molecule has 2 aliphatic carbocycles. The zero-order chi connectivity index (χ0) is 14.2. The van der Waals surface area contributed by atoms with Crippen molar-refractivity contribution < 1.29 is 0 Å². The summed E-state index contributed by atoms with van der Waals surface area (Å²) in [4.78, 5) is 11.9. The monoisotopic (exact) mass is 285 g/mol. The zero-order valence-electron chi connectivity index (χ0n) is 12.6. The lowest BCUT2D eigenvalue weighted by Crippen LogP contribution is -2.29. The molecule has 2 aromatic rings. The fraction of sp³-hybridized carbons (Fsp3) is 0.625. The molecule has 0 radical (unpaired) electrons. The molecule has 2 saturated carbocycles. The van der Waals surface area contributed by atoms with Gasteiger partial charge in [0.1, 0.15) is 5.82 Å². The highest BCUT2D eigenvalue weighted by Crippen LogP contribution is 2.36. The fourth-order valence-electron chi connectivity index (χ4n) is 2.87. The van der Waals surface area contributed by atoms with E-state index in [0.717, 1.165) is 48.8 Å². The summed E-state index contributed by atoms with van der Waals surface area (Å²) in [6.07, 6.45) is 11.4.